The Morgan fingerprint density at radius 2 is 1.68 bits per heavy atom. The molecular formula is C45H54N8O6S. The average molecular weight is 835 g/mol. The molecule has 5 heterocycles. The second-order valence-corrected chi connectivity index (χ2v) is 18.0. The number of amides is 4. The third kappa shape index (κ3) is 9.85. The lowest BCUT2D eigenvalue weighted by Gasteiger charge is -2.39. The second-order valence-electron chi connectivity index (χ2n) is 17.1. The molecule has 0 aliphatic carbocycles. The van der Waals surface area contributed by atoms with E-state index in [9.17, 15) is 29.4 Å². The van der Waals surface area contributed by atoms with Crippen LogP contribution in [0.4, 0.5) is 0 Å². The largest absolute Gasteiger partial charge is 0.507 e. The third-order valence-corrected chi connectivity index (χ3v) is 12.5. The minimum atomic E-state index is -0.884. The molecule has 2 saturated heterocycles. The van der Waals surface area contributed by atoms with Crippen molar-refractivity contribution >= 4 is 46.0 Å². The minimum absolute atomic E-state index is 0.0139. The quantitative estimate of drug-likeness (QED) is 0.0807. The number of nitrogens with one attached hydrogen (secondary N) is 3. The van der Waals surface area contributed by atoms with E-state index in [4.69, 9.17) is 0 Å². The Balaban J connectivity index is 0.817. The first-order valence-electron chi connectivity index (χ1n) is 20.7. The van der Waals surface area contributed by atoms with Gasteiger partial charge >= 0.3 is 0 Å². The SMILES string of the molecule is Cc1ncsc1-c1ccc(CNC(=O)[C@@H]2C[C@@H](O)CN2C(=O)[C@@H](NC(=O)CCCCCCC(=O)N2CC(c3cc4cc(-c5ccccc5O)nnc4[nH]3)C2)C(C)(C)C)cc1. The molecule has 5 aromatic rings. The first-order valence-corrected chi connectivity index (χ1v) is 21.6. The summed E-state index contributed by atoms with van der Waals surface area (Å²) in [4.78, 5) is 65.5. The lowest BCUT2D eigenvalue weighted by Crippen LogP contribution is -2.57. The highest BCUT2D eigenvalue weighted by Crippen LogP contribution is 2.33. The summed E-state index contributed by atoms with van der Waals surface area (Å²) in [6.45, 7) is 9.13. The predicted octanol–water partition coefficient (Wildman–Crippen LogP) is 5.84. The van der Waals surface area contributed by atoms with Gasteiger partial charge in [-0.2, -0.15) is 0 Å². The molecule has 3 aromatic heterocycles. The van der Waals surface area contributed by atoms with E-state index >= 15 is 0 Å². The molecule has 316 valence electrons. The molecule has 0 saturated carbocycles. The number of unbranched alkanes of at least 4 members (excludes halogenated alkanes) is 3. The van der Waals surface area contributed by atoms with Crippen LogP contribution in [0.5, 0.6) is 5.75 Å². The summed E-state index contributed by atoms with van der Waals surface area (Å²) < 4.78 is 0. The molecular weight excluding hydrogens is 781 g/mol. The smallest absolute Gasteiger partial charge is 0.246 e. The van der Waals surface area contributed by atoms with Crippen LogP contribution in [0.2, 0.25) is 0 Å². The third-order valence-electron chi connectivity index (χ3n) is 11.5. The van der Waals surface area contributed by atoms with Gasteiger partial charge < -0.3 is 35.6 Å². The number of carbonyl (C=O) groups is 4. The van der Waals surface area contributed by atoms with E-state index in [0.29, 0.717) is 42.8 Å². The van der Waals surface area contributed by atoms with Crippen LogP contribution in [0.1, 0.15) is 88.6 Å². The molecule has 2 aliphatic heterocycles. The van der Waals surface area contributed by atoms with Crippen molar-refractivity contribution in [2.75, 3.05) is 19.6 Å². The first kappa shape index (κ1) is 42.5. The van der Waals surface area contributed by atoms with E-state index in [1.807, 2.05) is 80.6 Å². The fourth-order valence-corrected chi connectivity index (χ4v) is 8.77. The van der Waals surface area contributed by atoms with Crippen LogP contribution in [-0.2, 0) is 25.7 Å². The Labute approximate surface area is 353 Å². The number of phenolic OH excluding ortho intramolecular Hbond substituents is 1. The van der Waals surface area contributed by atoms with E-state index in [2.05, 4.69) is 30.8 Å². The van der Waals surface area contributed by atoms with Crippen molar-refractivity contribution in [3.63, 3.8) is 0 Å². The second kappa shape index (κ2) is 18.3. The van der Waals surface area contributed by atoms with Crippen molar-refractivity contribution < 1.29 is 29.4 Å². The number of aromatic hydroxyl groups is 1. The number of aliphatic hydroxyl groups is 1. The number of rotatable bonds is 15. The van der Waals surface area contributed by atoms with Gasteiger partial charge in [-0.25, -0.2) is 4.98 Å². The molecule has 14 nitrogen and oxygen atoms in total. The number of likely N-dealkylation sites (tertiary alicyclic amines) is 2. The predicted molar refractivity (Wildman–Crippen MR) is 230 cm³/mol. The van der Waals surface area contributed by atoms with Gasteiger partial charge in [0, 0.05) is 68.0 Å². The molecule has 2 aliphatic rings. The number of β-amino-alcohol motifs (C(OH)–C–C–N with tert-alkyl or cyclic N) is 1. The molecule has 0 bridgehead atoms. The maximum Gasteiger partial charge on any atom is 0.246 e. The van der Waals surface area contributed by atoms with Gasteiger partial charge in [-0.05, 0) is 60.6 Å². The number of carbonyl (C=O) groups excluding carboxylic acids is 4. The molecule has 60 heavy (non-hydrogen) atoms. The number of H-pyrrole nitrogens is 1. The van der Waals surface area contributed by atoms with Gasteiger partial charge in [0.25, 0.3) is 0 Å². The molecule has 7 rings (SSSR count). The molecule has 4 amide bonds. The standard InChI is InChI=1S/C45H54N8O6S/c1-27-40(60-26-47-27)29-17-15-28(16-18-29)22-46-43(58)36-21-32(54)25-53(36)44(59)41(45(2,3)4)49-38(56)13-7-5-6-8-14-39(57)52-23-31(24-52)34-19-30-20-35(50-51-42(30)48-34)33-11-9-10-12-37(33)55/h9-12,15-20,26,31-32,36,41,54-55H,5-8,13-14,21-25H2,1-4H3,(H,46,58)(H,48,51)(H,49,56)/t32-,36+,41-/m1/s1. The number of aliphatic hydroxyl groups excluding tert-OH is 1. The molecule has 0 spiro atoms. The van der Waals surface area contributed by atoms with Gasteiger partial charge in [-0.15, -0.1) is 21.5 Å². The first-order chi connectivity index (χ1) is 28.7. The number of fused-ring (bicyclic) bond motifs is 1. The number of para-hydroxylation sites is 1. The summed E-state index contributed by atoms with van der Waals surface area (Å²) in [6, 6.07) is 17.1. The number of thiazole rings is 1. The van der Waals surface area contributed by atoms with Gasteiger partial charge in [0.15, 0.2) is 5.65 Å². The zero-order valence-corrected chi connectivity index (χ0v) is 35.4. The molecule has 5 N–H and O–H groups in total. The summed E-state index contributed by atoms with van der Waals surface area (Å²) in [5.41, 5.74) is 6.99. The highest BCUT2D eigenvalue weighted by molar-refractivity contribution is 7.13. The van der Waals surface area contributed by atoms with Crippen molar-refractivity contribution in [1.82, 2.24) is 40.6 Å². The van der Waals surface area contributed by atoms with Crippen molar-refractivity contribution in [3.8, 4) is 27.4 Å². The summed E-state index contributed by atoms with van der Waals surface area (Å²) in [7, 11) is 0. The summed E-state index contributed by atoms with van der Waals surface area (Å²) >= 11 is 1.58. The van der Waals surface area contributed by atoms with Gasteiger partial charge in [-0.1, -0.05) is 70.0 Å². The van der Waals surface area contributed by atoms with Crippen LogP contribution in [0.15, 0.2) is 66.2 Å². The van der Waals surface area contributed by atoms with Crippen molar-refractivity contribution in [2.24, 2.45) is 5.41 Å². The van der Waals surface area contributed by atoms with Crippen LogP contribution >= 0.6 is 11.3 Å². The maximum absolute atomic E-state index is 14.0. The van der Waals surface area contributed by atoms with Crippen molar-refractivity contribution in [1.29, 1.82) is 0 Å². The molecule has 15 heteroatoms. The Morgan fingerprint density at radius 3 is 2.38 bits per heavy atom. The molecule has 0 radical (unpaired) electrons. The minimum Gasteiger partial charge on any atom is -0.507 e. The number of hydrogen-bond acceptors (Lipinski definition) is 10. The monoisotopic (exact) mass is 834 g/mol. The van der Waals surface area contributed by atoms with Crippen molar-refractivity contribution in [2.45, 2.75) is 103 Å². The number of benzene rings is 2. The molecule has 0 unspecified atom stereocenters. The van der Waals surface area contributed by atoms with E-state index in [1.165, 1.54) is 4.90 Å². The summed E-state index contributed by atoms with van der Waals surface area (Å²) in [6.07, 6.45) is 2.86. The lowest BCUT2D eigenvalue weighted by atomic mass is 9.85. The van der Waals surface area contributed by atoms with E-state index in [1.54, 1.807) is 29.5 Å². The van der Waals surface area contributed by atoms with E-state index < -0.39 is 23.6 Å². The normalized spacial score (nSPS) is 17.4. The zero-order valence-electron chi connectivity index (χ0n) is 34.6. The Morgan fingerprint density at radius 1 is 0.950 bits per heavy atom. The number of nitrogens with zero attached hydrogens (tertiary/aromatic N) is 5. The topological polar surface area (TPSA) is 194 Å². The number of aromatic amines is 1. The average Bonchev–Trinajstić information content (AvgIpc) is 3.94. The number of aromatic nitrogens is 4. The van der Waals surface area contributed by atoms with Crippen molar-refractivity contribution in [3.05, 3.63) is 83.1 Å². The summed E-state index contributed by atoms with van der Waals surface area (Å²) in [5, 5.41) is 36.1. The van der Waals surface area contributed by atoms with Crippen LogP contribution in [0, 0.1) is 12.3 Å². The van der Waals surface area contributed by atoms with Gasteiger partial charge in [0.1, 0.15) is 17.8 Å². The molecule has 2 aromatic carbocycles. The fourth-order valence-electron chi connectivity index (χ4n) is 7.96. The van der Waals surface area contributed by atoms with E-state index in [-0.39, 0.29) is 61.2 Å². The Kier molecular flexibility index (Phi) is 12.9. The van der Waals surface area contributed by atoms with Gasteiger partial charge in [0.05, 0.1) is 27.9 Å². The number of hydrogen-bond donors (Lipinski definition) is 5. The lowest BCUT2D eigenvalue weighted by molar-refractivity contribution is -0.144. The highest BCUT2D eigenvalue weighted by Gasteiger charge is 2.44. The fraction of sp³-hybridized carbons (Fsp3) is 0.444. The van der Waals surface area contributed by atoms with E-state index in [0.717, 1.165) is 52.0 Å². The van der Waals surface area contributed by atoms with Crippen LogP contribution < -0.4 is 10.6 Å². The van der Waals surface area contributed by atoms with Crippen LogP contribution in [-0.4, -0.2) is 102 Å². The molecule has 2 fully saturated rings. The molecule has 3 atom stereocenters. The van der Waals surface area contributed by atoms with Crippen LogP contribution in [0.3, 0.4) is 0 Å². The highest BCUT2D eigenvalue weighted by atomic mass is 32.1. The Bertz CT molecular complexity index is 2330. The Hall–Kier alpha value is -5.67. The van der Waals surface area contributed by atoms with Gasteiger partial charge in [-0.3, -0.25) is 19.2 Å². The maximum atomic E-state index is 14.0. The van der Waals surface area contributed by atoms with Gasteiger partial charge in [0.2, 0.25) is 23.6 Å². The van der Waals surface area contributed by atoms with Crippen LogP contribution in [0.25, 0.3) is 32.7 Å². The number of aryl methyl sites for hydroxylation is 1. The summed E-state index contributed by atoms with van der Waals surface area (Å²) in [5.74, 6) is -0.537. The zero-order chi connectivity index (χ0) is 42.6. The number of phenols is 1.